The lowest BCUT2D eigenvalue weighted by Crippen LogP contribution is -2.44. The van der Waals surface area contributed by atoms with E-state index in [-0.39, 0.29) is 12.5 Å². The Hall–Kier alpha value is -4.07. The zero-order valence-corrected chi connectivity index (χ0v) is 26.4. The number of hydrogen-bond acceptors (Lipinski definition) is 7. The number of amides is 1. The van der Waals surface area contributed by atoms with Crippen molar-refractivity contribution in [3.63, 3.8) is 0 Å². The first-order valence-electron chi connectivity index (χ1n) is 14.5. The number of fused-ring (bicyclic) bond motifs is 1. The van der Waals surface area contributed by atoms with Gasteiger partial charge in [-0.2, -0.15) is 5.10 Å². The van der Waals surface area contributed by atoms with Gasteiger partial charge in [0.1, 0.15) is 33.5 Å². The van der Waals surface area contributed by atoms with Crippen molar-refractivity contribution in [2.75, 3.05) is 47.9 Å². The molecule has 0 unspecified atom stereocenters. The molecule has 2 atom stereocenters. The Kier molecular flexibility index (Phi) is 9.18. The monoisotopic (exact) mass is 625 g/mol. The van der Waals surface area contributed by atoms with Crippen LogP contribution in [0.1, 0.15) is 36.1 Å². The molecule has 1 aliphatic heterocycles. The summed E-state index contributed by atoms with van der Waals surface area (Å²) in [5.74, 6) is -0.449. The van der Waals surface area contributed by atoms with E-state index >= 15 is 0 Å². The summed E-state index contributed by atoms with van der Waals surface area (Å²) in [6.07, 6.45) is 7.61. The summed E-state index contributed by atoms with van der Waals surface area (Å²) in [6.45, 7) is 3.26. The third-order valence-electron chi connectivity index (χ3n) is 7.57. The maximum atomic E-state index is 14.6. The smallest absolute Gasteiger partial charge is 0.332 e. The molecule has 234 valence electrons. The number of halogens is 1. The number of likely N-dealkylation sites (N-methyl/N-ethyl adjacent to an activating group) is 1. The first-order chi connectivity index (χ1) is 21.0. The first kappa shape index (κ1) is 31.4. The third-order valence-corrected chi connectivity index (χ3v) is 8.88. The third kappa shape index (κ3) is 6.40. The number of aromatic nitrogens is 4. The molecule has 5 rings (SSSR count). The van der Waals surface area contributed by atoms with E-state index in [0.29, 0.717) is 58.1 Å². The van der Waals surface area contributed by atoms with Crippen LogP contribution in [0.4, 0.5) is 4.39 Å². The predicted octanol–water partition coefficient (Wildman–Crippen LogP) is 3.34. The molecule has 0 bridgehead atoms. The van der Waals surface area contributed by atoms with Gasteiger partial charge in [0, 0.05) is 30.1 Å². The van der Waals surface area contributed by atoms with Crippen LogP contribution >= 0.6 is 11.3 Å². The topological polar surface area (TPSA) is 109 Å². The maximum Gasteiger partial charge on any atom is 0.332 e. The number of benzene rings is 1. The van der Waals surface area contributed by atoms with Crippen LogP contribution in [0.2, 0.25) is 0 Å². The van der Waals surface area contributed by atoms with Gasteiger partial charge in [0.25, 0.3) is 5.56 Å². The average molecular weight is 626 g/mol. The highest BCUT2D eigenvalue weighted by molar-refractivity contribution is 7.21. The largest absolute Gasteiger partial charge is 0.496 e. The van der Waals surface area contributed by atoms with Gasteiger partial charge >= 0.3 is 5.69 Å². The minimum absolute atomic E-state index is 0.0507. The Bertz CT molecular complexity index is 1800. The Labute approximate surface area is 258 Å². The standard InChI is InChI=1S/C31H37FN6O5S/c1-20-26-28(40)37(23-12-14-33-27(23)39)31(41)35(30(26)44-29(20)36-15-9-13-34-36)19-25(22-18-21(32)10-11-24(22)42-5)43-17-8-6-7-16-38(2,3)4/h6-7,9-11,13,15,18,23,25H,8,12,14,16-17,19H2,1-5H3/p+1/b7-6-/t23-,25-/m0/s1. The maximum absolute atomic E-state index is 14.6. The lowest BCUT2D eigenvalue weighted by molar-refractivity contribution is -0.864. The molecule has 13 heteroatoms. The quantitative estimate of drug-likeness (QED) is 0.147. The molecular formula is C31H38FN6O5S+. The lowest BCUT2D eigenvalue weighted by Gasteiger charge is -2.23. The van der Waals surface area contributed by atoms with Crippen LogP contribution in [-0.4, -0.2) is 77.3 Å². The summed E-state index contributed by atoms with van der Waals surface area (Å²) in [5.41, 5.74) is -0.0918. The van der Waals surface area contributed by atoms with Crippen LogP contribution in [0.25, 0.3) is 15.2 Å². The van der Waals surface area contributed by atoms with Crippen LogP contribution in [0.15, 0.2) is 58.4 Å². The molecule has 4 aromatic rings. The van der Waals surface area contributed by atoms with Gasteiger partial charge < -0.3 is 19.3 Å². The summed E-state index contributed by atoms with van der Waals surface area (Å²) >= 11 is 1.25. The van der Waals surface area contributed by atoms with Gasteiger partial charge in [-0.25, -0.2) is 18.4 Å². The second-order valence-corrected chi connectivity index (χ2v) is 12.8. The number of nitrogens with zero attached hydrogens (tertiary/aromatic N) is 5. The molecule has 0 spiro atoms. The fraction of sp³-hybridized carbons (Fsp3) is 0.419. The minimum Gasteiger partial charge on any atom is -0.496 e. The Morgan fingerprint density at radius 3 is 2.68 bits per heavy atom. The molecule has 1 fully saturated rings. The zero-order chi connectivity index (χ0) is 31.6. The van der Waals surface area contributed by atoms with Crippen molar-refractivity contribution < 1.29 is 23.1 Å². The molecule has 1 aromatic carbocycles. The zero-order valence-electron chi connectivity index (χ0n) is 25.6. The number of hydrogen-bond donors (Lipinski definition) is 1. The van der Waals surface area contributed by atoms with E-state index < -0.39 is 29.2 Å². The second-order valence-electron chi connectivity index (χ2n) is 11.8. The predicted molar refractivity (Wildman–Crippen MR) is 167 cm³/mol. The number of rotatable bonds is 12. The normalized spacial score (nSPS) is 16.2. The number of carbonyl (C=O) groups is 1. The lowest BCUT2D eigenvalue weighted by atomic mass is 10.1. The highest BCUT2D eigenvalue weighted by Crippen LogP contribution is 2.34. The number of carbonyl (C=O) groups excluding carboxylic acids is 1. The molecule has 0 saturated carbocycles. The van der Waals surface area contributed by atoms with Crippen LogP contribution in [-0.2, 0) is 16.1 Å². The second kappa shape index (κ2) is 12.9. The van der Waals surface area contributed by atoms with Crippen LogP contribution in [0.5, 0.6) is 5.75 Å². The average Bonchev–Trinajstić information content (AvgIpc) is 3.72. The highest BCUT2D eigenvalue weighted by Gasteiger charge is 2.32. The molecule has 1 N–H and O–H groups in total. The van der Waals surface area contributed by atoms with E-state index in [4.69, 9.17) is 9.47 Å². The molecule has 0 radical (unpaired) electrons. The molecule has 0 aliphatic carbocycles. The van der Waals surface area contributed by atoms with Gasteiger partial charge in [-0.15, -0.1) is 0 Å². The van der Waals surface area contributed by atoms with Crippen molar-refractivity contribution in [3.8, 4) is 10.8 Å². The summed E-state index contributed by atoms with van der Waals surface area (Å²) in [5, 5.41) is 8.06. The van der Waals surface area contributed by atoms with Gasteiger partial charge in [0.15, 0.2) is 0 Å². The van der Waals surface area contributed by atoms with Crippen molar-refractivity contribution >= 4 is 27.5 Å². The number of quaternary nitrogens is 1. The number of methoxy groups -OCH3 is 1. The molecule has 1 amide bonds. The molecule has 1 saturated heterocycles. The van der Waals surface area contributed by atoms with Gasteiger partial charge in [-0.05, 0) is 50.1 Å². The summed E-state index contributed by atoms with van der Waals surface area (Å²) in [7, 11) is 7.79. The molecule has 11 nitrogen and oxygen atoms in total. The van der Waals surface area contributed by atoms with E-state index in [1.165, 1.54) is 41.2 Å². The number of aryl methyl sites for hydroxylation is 1. The summed E-state index contributed by atoms with van der Waals surface area (Å²) < 4.78 is 31.5. The van der Waals surface area contributed by atoms with Gasteiger partial charge in [-0.1, -0.05) is 17.4 Å². The number of thiophene rings is 1. The Morgan fingerprint density at radius 2 is 2.02 bits per heavy atom. The first-order valence-corrected chi connectivity index (χ1v) is 15.3. The van der Waals surface area contributed by atoms with E-state index in [1.54, 1.807) is 30.1 Å². The molecular weight excluding hydrogens is 587 g/mol. The van der Waals surface area contributed by atoms with Crippen LogP contribution in [0.3, 0.4) is 0 Å². The van der Waals surface area contributed by atoms with Crippen molar-refractivity contribution in [2.45, 2.75) is 38.5 Å². The van der Waals surface area contributed by atoms with E-state index in [2.05, 4.69) is 37.6 Å². The fourth-order valence-electron chi connectivity index (χ4n) is 5.37. The Balaban J connectivity index is 1.63. The van der Waals surface area contributed by atoms with Crippen molar-refractivity contribution in [2.24, 2.45) is 0 Å². The molecule has 1 aliphatic rings. The van der Waals surface area contributed by atoms with E-state index in [0.717, 1.165) is 15.6 Å². The van der Waals surface area contributed by atoms with Crippen LogP contribution in [0, 0.1) is 12.7 Å². The molecule has 4 heterocycles. The van der Waals surface area contributed by atoms with Gasteiger partial charge in [0.05, 0.1) is 53.3 Å². The van der Waals surface area contributed by atoms with Gasteiger partial charge in [-0.3, -0.25) is 14.2 Å². The van der Waals surface area contributed by atoms with Crippen molar-refractivity contribution in [1.82, 2.24) is 24.2 Å². The summed E-state index contributed by atoms with van der Waals surface area (Å²) in [4.78, 5) is 41.3. The van der Waals surface area contributed by atoms with E-state index in [1.807, 2.05) is 6.08 Å². The van der Waals surface area contributed by atoms with Crippen molar-refractivity contribution in [3.05, 3.63) is 86.6 Å². The fourth-order valence-corrected chi connectivity index (χ4v) is 6.62. The van der Waals surface area contributed by atoms with Gasteiger partial charge in [0.2, 0.25) is 5.91 Å². The Morgan fingerprint density at radius 1 is 1.23 bits per heavy atom. The number of nitrogens with one attached hydrogen (secondary N) is 1. The van der Waals surface area contributed by atoms with E-state index in [9.17, 15) is 18.8 Å². The molecule has 44 heavy (non-hydrogen) atoms. The van der Waals surface area contributed by atoms with Crippen LogP contribution < -0.4 is 21.3 Å². The minimum atomic E-state index is -0.937. The number of ether oxygens (including phenoxy) is 2. The molecule has 3 aromatic heterocycles. The SMILES string of the molecule is COc1ccc(F)cc1[C@H](Cn1c(=O)n([C@H]2CCNC2=O)c(=O)c2c(C)c(-n3cccn3)sc21)OCC/C=C\C[N+](C)(C)C. The highest BCUT2D eigenvalue weighted by atomic mass is 32.1. The van der Waals surface area contributed by atoms with Crippen molar-refractivity contribution in [1.29, 1.82) is 0 Å². The summed E-state index contributed by atoms with van der Waals surface area (Å²) in [6, 6.07) is 5.00.